The Morgan fingerprint density at radius 1 is 1.47 bits per heavy atom. The zero-order valence-corrected chi connectivity index (χ0v) is 8.63. The molecule has 1 rings (SSSR count). The molecule has 0 N–H and O–H groups in total. The maximum absolute atomic E-state index is 13.2. The first-order valence-corrected chi connectivity index (χ1v) is 4.60. The molecule has 0 spiro atoms. The van der Waals surface area contributed by atoms with Crippen LogP contribution in [0.2, 0.25) is 0 Å². The monoisotopic (exact) mass is 208 g/mol. The van der Waals surface area contributed by atoms with Crippen LogP contribution in [0, 0.1) is 5.82 Å². The molecule has 0 aliphatic rings. The van der Waals surface area contributed by atoms with Gasteiger partial charge in [0, 0.05) is 0 Å². The van der Waals surface area contributed by atoms with Crippen molar-refractivity contribution >= 4 is 5.97 Å². The predicted octanol–water partition coefficient (Wildman–Crippen LogP) is 2.49. The van der Waals surface area contributed by atoms with E-state index in [1.54, 1.807) is 18.2 Å². The van der Waals surface area contributed by atoms with Crippen molar-refractivity contribution < 1.29 is 13.9 Å². The number of methoxy groups -OCH3 is 1. The third-order valence-corrected chi connectivity index (χ3v) is 2.02. The molecule has 0 saturated heterocycles. The van der Waals surface area contributed by atoms with E-state index in [0.717, 1.165) is 0 Å². The van der Waals surface area contributed by atoms with Gasteiger partial charge in [-0.25, -0.2) is 4.39 Å². The molecule has 0 amide bonds. The maximum Gasteiger partial charge on any atom is 0.309 e. The summed E-state index contributed by atoms with van der Waals surface area (Å²) < 4.78 is 17.7. The van der Waals surface area contributed by atoms with Crippen LogP contribution >= 0.6 is 0 Å². The molecule has 0 aliphatic carbocycles. The lowest BCUT2D eigenvalue weighted by atomic mass is 10.0. The normalized spacial score (nSPS) is 9.73. The van der Waals surface area contributed by atoms with E-state index in [1.807, 2.05) is 0 Å². The first-order valence-electron chi connectivity index (χ1n) is 4.60. The first-order chi connectivity index (χ1) is 7.13. The molecule has 0 aliphatic heterocycles. The number of rotatable bonds is 4. The minimum Gasteiger partial charge on any atom is -0.469 e. The first kappa shape index (κ1) is 11.4. The smallest absolute Gasteiger partial charge is 0.309 e. The van der Waals surface area contributed by atoms with Crippen molar-refractivity contribution in [1.29, 1.82) is 0 Å². The minimum absolute atomic E-state index is 0.130. The number of carbonyl (C=O) groups is 1. The Hall–Kier alpha value is -1.64. The summed E-state index contributed by atoms with van der Waals surface area (Å²) in [6, 6.07) is 6.45. The molecule has 1 aromatic rings. The van der Waals surface area contributed by atoms with Gasteiger partial charge in [-0.15, -0.1) is 0 Å². The largest absolute Gasteiger partial charge is 0.469 e. The molecule has 0 fully saturated rings. The Labute approximate surface area is 88.4 Å². The highest BCUT2D eigenvalue weighted by atomic mass is 19.1. The summed E-state index contributed by atoms with van der Waals surface area (Å²) in [6.07, 6.45) is 0.493. The van der Waals surface area contributed by atoms with E-state index in [9.17, 15) is 9.18 Å². The lowest BCUT2D eigenvalue weighted by Crippen LogP contribution is -2.03. The van der Waals surface area contributed by atoms with Crippen molar-refractivity contribution in [2.24, 2.45) is 0 Å². The van der Waals surface area contributed by atoms with Crippen molar-refractivity contribution in [1.82, 2.24) is 0 Å². The average molecular weight is 208 g/mol. The highest BCUT2D eigenvalue weighted by molar-refractivity contribution is 5.72. The fraction of sp³-hybridized carbons (Fsp3) is 0.250. The minimum atomic E-state index is -0.351. The molecule has 3 heteroatoms. The topological polar surface area (TPSA) is 26.3 Å². The SMILES string of the molecule is C=C(CC(=O)OC)Cc1ccccc1F. The van der Waals surface area contributed by atoms with E-state index in [4.69, 9.17) is 0 Å². The summed E-state index contributed by atoms with van der Waals surface area (Å²) in [4.78, 5) is 10.9. The lowest BCUT2D eigenvalue weighted by Gasteiger charge is -2.05. The Bertz CT molecular complexity index is 372. The lowest BCUT2D eigenvalue weighted by molar-refractivity contribution is -0.139. The maximum atomic E-state index is 13.2. The molecule has 1 aromatic carbocycles. The molecular formula is C12H13FO2. The molecule has 0 bridgehead atoms. The van der Waals surface area contributed by atoms with Gasteiger partial charge in [0.2, 0.25) is 0 Å². The van der Waals surface area contributed by atoms with E-state index in [1.165, 1.54) is 13.2 Å². The molecule has 0 heterocycles. The van der Waals surface area contributed by atoms with Crippen LogP contribution in [0.25, 0.3) is 0 Å². The van der Waals surface area contributed by atoms with Gasteiger partial charge in [-0.1, -0.05) is 30.4 Å². The summed E-state index contributed by atoms with van der Waals surface area (Å²) in [5.41, 5.74) is 1.19. The Morgan fingerprint density at radius 2 is 2.13 bits per heavy atom. The zero-order chi connectivity index (χ0) is 11.3. The van der Waals surface area contributed by atoms with E-state index in [2.05, 4.69) is 11.3 Å². The summed E-state index contributed by atoms with van der Waals surface area (Å²) in [5, 5.41) is 0. The van der Waals surface area contributed by atoms with Crippen LogP contribution in [-0.2, 0) is 16.0 Å². The third-order valence-electron chi connectivity index (χ3n) is 2.02. The van der Waals surface area contributed by atoms with Crippen LogP contribution in [0.5, 0.6) is 0 Å². The number of esters is 1. The summed E-state index contributed by atoms with van der Waals surface area (Å²) in [7, 11) is 1.32. The van der Waals surface area contributed by atoms with Gasteiger partial charge in [0.1, 0.15) is 5.82 Å². The highest BCUT2D eigenvalue weighted by Gasteiger charge is 2.07. The fourth-order valence-corrected chi connectivity index (χ4v) is 1.25. The second-order valence-electron chi connectivity index (χ2n) is 3.27. The molecule has 0 saturated carbocycles. The van der Waals surface area contributed by atoms with Crippen LogP contribution in [0.4, 0.5) is 4.39 Å². The predicted molar refractivity (Wildman–Crippen MR) is 55.9 cm³/mol. The van der Waals surface area contributed by atoms with E-state index < -0.39 is 0 Å². The molecule has 0 radical (unpaired) electrons. The number of carbonyl (C=O) groups excluding carboxylic acids is 1. The standard InChI is InChI=1S/C12H13FO2/c1-9(8-12(14)15-2)7-10-5-3-4-6-11(10)13/h3-6H,1,7-8H2,2H3. The fourth-order valence-electron chi connectivity index (χ4n) is 1.25. The number of hydrogen-bond donors (Lipinski definition) is 0. The van der Waals surface area contributed by atoms with Gasteiger partial charge in [0.05, 0.1) is 13.5 Å². The number of halogens is 1. The Kier molecular flexibility index (Phi) is 4.03. The van der Waals surface area contributed by atoms with Gasteiger partial charge in [-0.3, -0.25) is 4.79 Å². The van der Waals surface area contributed by atoms with Crippen LogP contribution < -0.4 is 0 Å². The van der Waals surface area contributed by atoms with Crippen molar-refractivity contribution in [2.45, 2.75) is 12.8 Å². The number of ether oxygens (including phenoxy) is 1. The Morgan fingerprint density at radius 3 is 2.73 bits per heavy atom. The van der Waals surface area contributed by atoms with Gasteiger partial charge in [-0.2, -0.15) is 0 Å². The molecule has 2 nitrogen and oxygen atoms in total. The van der Waals surface area contributed by atoms with Gasteiger partial charge in [0.25, 0.3) is 0 Å². The Balaban J connectivity index is 2.59. The third kappa shape index (κ3) is 3.54. The van der Waals surface area contributed by atoms with E-state index >= 15 is 0 Å². The number of hydrogen-bond acceptors (Lipinski definition) is 2. The molecule has 0 unspecified atom stereocenters. The summed E-state index contributed by atoms with van der Waals surface area (Å²) in [6.45, 7) is 3.71. The van der Waals surface area contributed by atoms with Crippen LogP contribution in [-0.4, -0.2) is 13.1 Å². The van der Waals surface area contributed by atoms with Crippen LogP contribution in [0.3, 0.4) is 0 Å². The molecule has 80 valence electrons. The van der Waals surface area contributed by atoms with Crippen LogP contribution in [0.1, 0.15) is 12.0 Å². The zero-order valence-electron chi connectivity index (χ0n) is 8.63. The second kappa shape index (κ2) is 5.29. The van der Waals surface area contributed by atoms with Crippen molar-refractivity contribution in [2.75, 3.05) is 7.11 Å². The quantitative estimate of drug-likeness (QED) is 0.561. The molecule has 15 heavy (non-hydrogen) atoms. The molecular weight excluding hydrogens is 195 g/mol. The van der Waals surface area contributed by atoms with Crippen LogP contribution in [0.15, 0.2) is 36.4 Å². The molecule has 0 aromatic heterocycles. The van der Waals surface area contributed by atoms with Crippen molar-refractivity contribution in [3.63, 3.8) is 0 Å². The van der Waals surface area contributed by atoms with Crippen molar-refractivity contribution in [3.8, 4) is 0 Å². The van der Waals surface area contributed by atoms with Gasteiger partial charge >= 0.3 is 5.97 Å². The van der Waals surface area contributed by atoms with Gasteiger partial charge in [-0.05, 0) is 18.1 Å². The van der Waals surface area contributed by atoms with E-state index in [0.29, 0.717) is 17.6 Å². The second-order valence-corrected chi connectivity index (χ2v) is 3.27. The average Bonchev–Trinajstić information content (AvgIpc) is 2.21. The highest BCUT2D eigenvalue weighted by Crippen LogP contribution is 2.13. The van der Waals surface area contributed by atoms with Gasteiger partial charge in [0.15, 0.2) is 0 Å². The van der Waals surface area contributed by atoms with Crippen molar-refractivity contribution in [3.05, 3.63) is 47.8 Å². The summed E-state index contributed by atoms with van der Waals surface area (Å²) in [5.74, 6) is -0.625. The van der Waals surface area contributed by atoms with Gasteiger partial charge < -0.3 is 4.74 Å². The number of benzene rings is 1. The van der Waals surface area contributed by atoms with E-state index in [-0.39, 0.29) is 18.2 Å². The molecule has 0 atom stereocenters. The summed E-state index contributed by atoms with van der Waals surface area (Å²) >= 11 is 0.